The van der Waals surface area contributed by atoms with Crippen molar-refractivity contribution in [2.45, 2.75) is 70.9 Å². The van der Waals surface area contributed by atoms with E-state index in [9.17, 15) is 14.7 Å². The largest absolute Gasteiger partial charge is 0.507 e. The summed E-state index contributed by atoms with van der Waals surface area (Å²) in [6, 6.07) is 6.47. The number of Topliss-reactive ketones (excluding diaryl/α,β-unsaturated/α-hetero) is 1. The molecule has 4 rings (SSSR count). The van der Waals surface area contributed by atoms with Gasteiger partial charge in [0.25, 0.3) is 11.7 Å². The number of aliphatic hydroxyl groups is 1. The number of carbonyl (C=O) groups excluding carboxylic acids is 2. The van der Waals surface area contributed by atoms with Crippen LogP contribution in [0.1, 0.15) is 80.4 Å². The summed E-state index contributed by atoms with van der Waals surface area (Å²) >= 11 is 0. The molecule has 0 radical (unpaired) electrons. The number of rotatable bonds is 5. The number of aliphatic hydroxyl groups excluding tert-OH is 1. The van der Waals surface area contributed by atoms with E-state index in [0.29, 0.717) is 11.3 Å². The predicted molar refractivity (Wildman–Crippen MR) is 122 cm³/mol. The van der Waals surface area contributed by atoms with E-state index < -0.39 is 17.7 Å². The van der Waals surface area contributed by atoms with Crippen LogP contribution in [-0.4, -0.2) is 34.8 Å². The Balaban J connectivity index is 1.89. The van der Waals surface area contributed by atoms with Crippen LogP contribution in [0.5, 0.6) is 5.75 Å². The maximum atomic E-state index is 13.3. The third-order valence-corrected chi connectivity index (χ3v) is 6.71. The molecule has 6 heteroatoms. The van der Waals surface area contributed by atoms with Gasteiger partial charge in [0.1, 0.15) is 23.3 Å². The molecule has 1 aromatic carbocycles. The molecule has 1 saturated carbocycles. The van der Waals surface area contributed by atoms with E-state index in [1.54, 1.807) is 24.1 Å². The molecule has 1 aliphatic heterocycles. The number of furan rings is 1. The molecule has 0 spiro atoms. The molecule has 2 aliphatic rings. The average Bonchev–Trinajstić information content (AvgIpc) is 3.40. The zero-order valence-corrected chi connectivity index (χ0v) is 19.2. The first-order valence-corrected chi connectivity index (χ1v) is 11.4. The lowest BCUT2D eigenvalue weighted by Gasteiger charge is -2.34. The van der Waals surface area contributed by atoms with Crippen LogP contribution in [0.2, 0.25) is 0 Å². The number of aryl methyl sites for hydroxylation is 1. The van der Waals surface area contributed by atoms with Crippen molar-refractivity contribution in [3.05, 3.63) is 58.6 Å². The molecule has 1 unspecified atom stereocenters. The second kappa shape index (κ2) is 8.85. The molecular formula is C26H31NO5. The molecule has 1 aromatic heterocycles. The van der Waals surface area contributed by atoms with Crippen molar-refractivity contribution in [2.24, 2.45) is 0 Å². The van der Waals surface area contributed by atoms with Gasteiger partial charge < -0.3 is 19.2 Å². The highest BCUT2D eigenvalue weighted by molar-refractivity contribution is 6.46. The van der Waals surface area contributed by atoms with Gasteiger partial charge in [-0.25, -0.2) is 0 Å². The zero-order valence-electron chi connectivity index (χ0n) is 19.2. The highest BCUT2D eigenvalue weighted by Crippen LogP contribution is 2.44. The van der Waals surface area contributed by atoms with E-state index in [1.165, 1.54) is 6.26 Å². The molecule has 6 nitrogen and oxygen atoms in total. The Bertz CT molecular complexity index is 1040. The van der Waals surface area contributed by atoms with Gasteiger partial charge in [-0.3, -0.25) is 9.59 Å². The third kappa shape index (κ3) is 3.72. The minimum absolute atomic E-state index is 0.0382. The van der Waals surface area contributed by atoms with Crippen molar-refractivity contribution < 1.29 is 23.8 Å². The summed E-state index contributed by atoms with van der Waals surface area (Å²) in [5, 5.41) is 11.4. The van der Waals surface area contributed by atoms with Gasteiger partial charge in [0.2, 0.25) is 0 Å². The van der Waals surface area contributed by atoms with Gasteiger partial charge in [-0.1, -0.05) is 33.1 Å². The smallest absolute Gasteiger partial charge is 0.296 e. The Morgan fingerprint density at radius 2 is 1.91 bits per heavy atom. The SMILES string of the molecule is COc1cc(C)c(/C(O)=C2\C(=O)C(=O)N(C3CCCCC3)C2c2ccco2)cc1C(C)C. The number of amides is 1. The number of ketones is 1. The number of ether oxygens (including phenoxy) is 1. The quantitative estimate of drug-likeness (QED) is 0.381. The number of nitrogens with zero attached hydrogens (tertiary/aromatic N) is 1. The summed E-state index contributed by atoms with van der Waals surface area (Å²) in [5.41, 5.74) is 2.33. The summed E-state index contributed by atoms with van der Waals surface area (Å²) < 4.78 is 11.2. The minimum atomic E-state index is -0.725. The summed E-state index contributed by atoms with van der Waals surface area (Å²) in [6.45, 7) is 5.95. The van der Waals surface area contributed by atoms with Crippen molar-refractivity contribution in [1.29, 1.82) is 0 Å². The van der Waals surface area contributed by atoms with Crippen molar-refractivity contribution in [3.8, 4) is 5.75 Å². The number of carbonyl (C=O) groups is 2. The normalized spacial score (nSPS) is 21.5. The first-order chi connectivity index (χ1) is 15.3. The van der Waals surface area contributed by atoms with Gasteiger partial charge >= 0.3 is 0 Å². The molecule has 1 saturated heterocycles. The van der Waals surface area contributed by atoms with Crippen LogP contribution in [0.15, 0.2) is 40.5 Å². The molecule has 2 heterocycles. The maximum absolute atomic E-state index is 13.3. The molecule has 1 atom stereocenters. The predicted octanol–water partition coefficient (Wildman–Crippen LogP) is 5.47. The van der Waals surface area contributed by atoms with E-state index in [0.717, 1.165) is 49.0 Å². The standard InChI is InChI=1S/C26H31NO5/c1-15(2)18-14-19(16(3)13-21(18)31-4)24(28)22-23(20-11-8-12-32-20)27(26(30)25(22)29)17-9-6-5-7-10-17/h8,11-15,17,23,28H,5-7,9-10H2,1-4H3/b24-22+. The van der Waals surface area contributed by atoms with E-state index in [2.05, 4.69) is 0 Å². The maximum Gasteiger partial charge on any atom is 0.296 e. The summed E-state index contributed by atoms with van der Waals surface area (Å²) in [5.74, 6) is 0.00415. The molecular weight excluding hydrogens is 406 g/mol. The average molecular weight is 438 g/mol. The number of methoxy groups -OCH3 is 1. The van der Waals surface area contributed by atoms with Crippen LogP contribution in [-0.2, 0) is 9.59 Å². The van der Waals surface area contributed by atoms with Crippen LogP contribution < -0.4 is 4.74 Å². The lowest BCUT2D eigenvalue weighted by Crippen LogP contribution is -2.40. The first kappa shape index (κ1) is 22.2. The Labute approximate surface area is 188 Å². The molecule has 1 amide bonds. The zero-order chi connectivity index (χ0) is 23.0. The molecule has 1 N–H and O–H groups in total. The van der Waals surface area contributed by atoms with E-state index in [1.807, 2.05) is 32.9 Å². The van der Waals surface area contributed by atoms with Crippen LogP contribution in [0.4, 0.5) is 0 Å². The Morgan fingerprint density at radius 3 is 2.50 bits per heavy atom. The highest BCUT2D eigenvalue weighted by atomic mass is 16.5. The third-order valence-electron chi connectivity index (χ3n) is 6.71. The lowest BCUT2D eigenvalue weighted by molar-refractivity contribution is -0.142. The van der Waals surface area contributed by atoms with E-state index >= 15 is 0 Å². The fourth-order valence-corrected chi connectivity index (χ4v) is 5.04. The Morgan fingerprint density at radius 1 is 1.19 bits per heavy atom. The fraction of sp³-hybridized carbons (Fsp3) is 0.462. The first-order valence-electron chi connectivity index (χ1n) is 11.4. The van der Waals surface area contributed by atoms with Gasteiger partial charge in [0.15, 0.2) is 0 Å². The van der Waals surface area contributed by atoms with Gasteiger partial charge in [-0.2, -0.15) is 0 Å². The van der Waals surface area contributed by atoms with Crippen LogP contribution in [0.3, 0.4) is 0 Å². The molecule has 170 valence electrons. The second-order valence-corrected chi connectivity index (χ2v) is 9.08. The van der Waals surface area contributed by atoms with Crippen molar-refractivity contribution >= 4 is 17.4 Å². The van der Waals surface area contributed by atoms with E-state index in [4.69, 9.17) is 9.15 Å². The van der Waals surface area contributed by atoms with Gasteiger partial charge in [-0.15, -0.1) is 0 Å². The summed E-state index contributed by atoms with van der Waals surface area (Å²) in [4.78, 5) is 28.1. The van der Waals surface area contributed by atoms with Crippen LogP contribution in [0.25, 0.3) is 5.76 Å². The highest BCUT2D eigenvalue weighted by Gasteiger charge is 2.50. The van der Waals surface area contributed by atoms with Crippen molar-refractivity contribution in [3.63, 3.8) is 0 Å². The molecule has 1 aliphatic carbocycles. The Hall–Kier alpha value is -3.02. The monoisotopic (exact) mass is 437 g/mol. The second-order valence-electron chi connectivity index (χ2n) is 9.08. The fourth-order valence-electron chi connectivity index (χ4n) is 5.04. The molecule has 2 aromatic rings. The molecule has 0 bridgehead atoms. The topological polar surface area (TPSA) is 80.0 Å². The molecule has 2 fully saturated rings. The lowest BCUT2D eigenvalue weighted by atomic mass is 9.91. The van der Waals surface area contributed by atoms with Crippen LogP contribution >= 0.6 is 0 Å². The number of hydrogen-bond donors (Lipinski definition) is 1. The summed E-state index contributed by atoms with van der Waals surface area (Å²) in [7, 11) is 1.62. The van der Waals surface area contributed by atoms with Gasteiger partial charge in [0.05, 0.1) is 18.9 Å². The number of likely N-dealkylation sites (tertiary alicyclic amines) is 1. The summed E-state index contributed by atoms with van der Waals surface area (Å²) in [6.07, 6.45) is 6.41. The van der Waals surface area contributed by atoms with Crippen molar-refractivity contribution in [2.75, 3.05) is 7.11 Å². The number of hydrogen-bond acceptors (Lipinski definition) is 5. The van der Waals surface area contributed by atoms with Gasteiger partial charge in [0, 0.05) is 11.6 Å². The molecule has 32 heavy (non-hydrogen) atoms. The van der Waals surface area contributed by atoms with Crippen molar-refractivity contribution in [1.82, 2.24) is 4.90 Å². The minimum Gasteiger partial charge on any atom is -0.507 e. The van der Waals surface area contributed by atoms with Crippen LogP contribution in [0, 0.1) is 6.92 Å². The Kier molecular flexibility index (Phi) is 6.13. The van der Waals surface area contributed by atoms with E-state index in [-0.39, 0.29) is 23.3 Å². The van der Waals surface area contributed by atoms with Gasteiger partial charge in [-0.05, 0) is 61.1 Å². The number of benzene rings is 1.